The molecule has 7 heteroatoms. The van der Waals surface area contributed by atoms with Crippen molar-refractivity contribution in [2.75, 3.05) is 11.0 Å². The van der Waals surface area contributed by atoms with Crippen LogP contribution in [0.1, 0.15) is 0 Å². The maximum absolute atomic E-state index is 13.1. The molecule has 0 bridgehead atoms. The highest BCUT2D eigenvalue weighted by Crippen LogP contribution is 2.25. The Morgan fingerprint density at radius 1 is 1.00 bits per heavy atom. The van der Waals surface area contributed by atoms with E-state index in [1.165, 1.54) is 0 Å². The number of hydrogen-bond donors (Lipinski definition) is 1. The number of nitrogens with zero attached hydrogens (tertiary/aromatic N) is 1. The second kappa shape index (κ2) is 6.19. The Morgan fingerprint density at radius 2 is 1.81 bits per heavy atom. The van der Waals surface area contributed by atoms with Crippen LogP contribution < -0.4 is 10.2 Å². The topological polar surface area (TPSA) is 76.1 Å². The van der Waals surface area contributed by atoms with E-state index in [2.05, 4.69) is 9.71 Å². The van der Waals surface area contributed by atoms with Crippen LogP contribution in [0.2, 0.25) is 0 Å². The predicted octanol–water partition coefficient (Wildman–Crippen LogP) is 3.85. The van der Waals surface area contributed by atoms with E-state index in [0.717, 1.165) is 22.8 Å². The van der Waals surface area contributed by atoms with Gasteiger partial charge in [0.15, 0.2) is 5.43 Å². The van der Waals surface area contributed by atoms with Crippen molar-refractivity contribution in [1.29, 1.82) is 0 Å². The number of thiophene rings is 1. The van der Waals surface area contributed by atoms with Gasteiger partial charge in [-0.3, -0.25) is 14.5 Å². The molecule has 0 saturated heterocycles. The summed E-state index contributed by atoms with van der Waals surface area (Å²) in [6.07, 6.45) is 2.83. The fourth-order valence-corrected chi connectivity index (χ4v) is 4.09. The van der Waals surface area contributed by atoms with Crippen molar-refractivity contribution in [1.82, 2.24) is 4.98 Å². The molecule has 0 aliphatic heterocycles. The van der Waals surface area contributed by atoms with Crippen LogP contribution in [0, 0.1) is 0 Å². The van der Waals surface area contributed by atoms with Gasteiger partial charge in [-0.2, -0.15) is 11.3 Å². The smallest absolute Gasteiger partial charge is 0.229 e. The summed E-state index contributed by atoms with van der Waals surface area (Å²) in [7, 11) is -3.42. The molecule has 2 aromatic heterocycles. The van der Waals surface area contributed by atoms with Crippen LogP contribution in [-0.2, 0) is 10.0 Å². The minimum absolute atomic E-state index is 0.179. The fourth-order valence-electron chi connectivity index (χ4n) is 2.87. The molecule has 0 unspecified atom stereocenters. The molecule has 2 aromatic carbocycles. The molecular weight excluding hydrogens is 368 g/mol. The predicted molar refractivity (Wildman–Crippen MR) is 107 cm³/mol. The normalized spacial score (nSPS) is 11.7. The van der Waals surface area contributed by atoms with Gasteiger partial charge in [0.2, 0.25) is 10.0 Å². The summed E-state index contributed by atoms with van der Waals surface area (Å²) in [5, 5.41) is 5.64. The highest BCUT2D eigenvalue weighted by Gasteiger charge is 2.08. The SMILES string of the molecule is CS(=O)(=O)Nc1ccc2ccc3ncc(-c4ccsc4)cc3c(=O)c2c1. The van der Waals surface area contributed by atoms with Crippen LogP contribution >= 0.6 is 11.3 Å². The zero-order valence-electron chi connectivity index (χ0n) is 13.8. The highest BCUT2D eigenvalue weighted by atomic mass is 32.2. The van der Waals surface area contributed by atoms with Crippen molar-refractivity contribution in [3.05, 3.63) is 69.6 Å². The number of nitrogens with one attached hydrogen (secondary N) is 1. The number of benzene rings is 1. The first-order chi connectivity index (χ1) is 12.4. The molecule has 0 aliphatic carbocycles. The molecule has 0 aliphatic rings. The molecule has 0 saturated carbocycles. The van der Waals surface area contributed by atoms with Gasteiger partial charge in [-0.25, -0.2) is 8.42 Å². The van der Waals surface area contributed by atoms with Gasteiger partial charge < -0.3 is 0 Å². The fraction of sp³-hybridized carbons (Fsp3) is 0.0526. The minimum Gasteiger partial charge on any atom is -0.289 e. The first-order valence-electron chi connectivity index (χ1n) is 7.78. The van der Waals surface area contributed by atoms with E-state index in [-0.39, 0.29) is 5.43 Å². The number of fused-ring (bicyclic) bond motifs is 2. The van der Waals surface area contributed by atoms with E-state index >= 15 is 0 Å². The van der Waals surface area contributed by atoms with E-state index in [0.29, 0.717) is 22.0 Å². The van der Waals surface area contributed by atoms with Crippen LogP contribution in [0.15, 0.2) is 64.2 Å². The van der Waals surface area contributed by atoms with E-state index in [4.69, 9.17) is 0 Å². The summed E-state index contributed by atoms with van der Waals surface area (Å²) >= 11 is 1.58. The third-order valence-corrected chi connectivity index (χ3v) is 5.33. The number of sulfonamides is 1. The molecule has 130 valence electrons. The zero-order chi connectivity index (χ0) is 18.3. The molecule has 2 heterocycles. The van der Waals surface area contributed by atoms with Gasteiger partial charge in [0.05, 0.1) is 11.8 Å². The Balaban J connectivity index is 2.01. The lowest BCUT2D eigenvalue weighted by Gasteiger charge is -2.03. The number of rotatable bonds is 3. The average Bonchev–Trinajstić information content (AvgIpc) is 3.09. The molecule has 1 N–H and O–H groups in total. The van der Waals surface area contributed by atoms with Crippen molar-refractivity contribution in [3.8, 4) is 11.1 Å². The zero-order valence-corrected chi connectivity index (χ0v) is 15.4. The lowest BCUT2D eigenvalue weighted by atomic mass is 10.1. The molecular formula is C19H14N2O3S2. The monoisotopic (exact) mass is 382 g/mol. The van der Waals surface area contributed by atoms with E-state index in [9.17, 15) is 13.2 Å². The van der Waals surface area contributed by atoms with Crippen molar-refractivity contribution < 1.29 is 8.42 Å². The summed E-state index contributed by atoms with van der Waals surface area (Å²) in [5.74, 6) is 0. The average molecular weight is 382 g/mol. The third kappa shape index (κ3) is 3.18. The van der Waals surface area contributed by atoms with Crippen molar-refractivity contribution in [3.63, 3.8) is 0 Å². The summed E-state index contributed by atoms with van der Waals surface area (Å²) in [6, 6.07) is 12.4. The van der Waals surface area contributed by atoms with Gasteiger partial charge >= 0.3 is 0 Å². The Labute approximate surface area is 154 Å². The molecule has 0 fully saturated rings. The molecule has 4 aromatic rings. The summed E-state index contributed by atoms with van der Waals surface area (Å²) in [4.78, 5) is 17.5. The maximum atomic E-state index is 13.1. The maximum Gasteiger partial charge on any atom is 0.229 e. The Hall–Kier alpha value is -2.77. The second-order valence-corrected chi connectivity index (χ2v) is 8.54. The van der Waals surface area contributed by atoms with Gasteiger partial charge in [-0.15, -0.1) is 0 Å². The molecule has 0 radical (unpaired) electrons. The van der Waals surface area contributed by atoms with E-state index in [1.54, 1.807) is 41.8 Å². The number of aromatic nitrogens is 1. The molecule has 0 spiro atoms. The lowest BCUT2D eigenvalue weighted by Crippen LogP contribution is -2.10. The number of hydrogen-bond acceptors (Lipinski definition) is 5. The van der Waals surface area contributed by atoms with Crippen LogP contribution in [0.3, 0.4) is 0 Å². The highest BCUT2D eigenvalue weighted by molar-refractivity contribution is 7.92. The van der Waals surface area contributed by atoms with Gasteiger partial charge in [0, 0.05) is 28.2 Å². The van der Waals surface area contributed by atoms with Crippen LogP contribution in [0.4, 0.5) is 5.69 Å². The number of anilines is 1. The quantitative estimate of drug-likeness (QED) is 0.584. The molecule has 26 heavy (non-hydrogen) atoms. The Morgan fingerprint density at radius 3 is 2.54 bits per heavy atom. The van der Waals surface area contributed by atoms with E-state index in [1.807, 2.05) is 29.0 Å². The molecule has 5 nitrogen and oxygen atoms in total. The van der Waals surface area contributed by atoms with Crippen LogP contribution in [0.25, 0.3) is 32.8 Å². The Kier molecular flexibility index (Phi) is 3.97. The minimum atomic E-state index is -3.42. The van der Waals surface area contributed by atoms with Crippen LogP contribution in [0.5, 0.6) is 0 Å². The van der Waals surface area contributed by atoms with Gasteiger partial charge in [0.1, 0.15) is 0 Å². The van der Waals surface area contributed by atoms with Gasteiger partial charge in [-0.05, 0) is 52.0 Å². The third-order valence-electron chi connectivity index (χ3n) is 4.04. The second-order valence-electron chi connectivity index (χ2n) is 6.01. The van der Waals surface area contributed by atoms with Crippen molar-refractivity contribution in [2.45, 2.75) is 0 Å². The molecule has 4 rings (SSSR count). The summed E-state index contributed by atoms with van der Waals surface area (Å²) < 4.78 is 25.4. The Bertz CT molecular complexity index is 1300. The lowest BCUT2D eigenvalue weighted by molar-refractivity contribution is 0.607. The molecule has 0 atom stereocenters. The summed E-state index contributed by atoms with van der Waals surface area (Å²) in [6.45, 7) is 0. The van der Waals surface area contributed by atoms with Gasteiger partial charge in [-0.1, -0.05) is 12.1 Å². The first kappa shape index (κ1) is 16.7. The van der Waals surface area contributed by atoms with Crippen LogP contribution in [-0.4, -0.2) is 19.7 Å². The van der Waals surface area contributed by atoms with E-state index < -0.39 is 10.0 Å². The van der Waals surface area contributed by atoms with Gasteiger partial charge in [0.25, 0.3) is 0 Å². The van der Waals surface area contributed by atoms with Crippen molar-refractivity contribution >= 4 is 48.7 Å². The first-order valence-corrected chi connectivity index (χ1v) is 10.6. The standard InChI is InChI=1S/C19H14N2O3S2/c1-26(23,24)21-15-4-2-12-3-5-18-17(19(22)16(12)9-15)8-14(10-20-18)13-6-7-25-11-13/h2-11,21H,1H3. The summed E-state index contributed by atoms with van der Waals surface area (Å²) in [5.41, 5.74) is 2.67. The number of pyridine rings is 1. The molecule has 0 amide bonds. The van der Waals surface area contributed by atoms with Crippen molar-refractivity contribution in [2.24, 2.45) is 0 Å². The largest absolute Gasteiger partial charge is 0.289 e.